The maximum Gasteiger partial charge on any atom is 0.265 e. The Morgan fingerprint density at radius 1 is 1.50 bits per heavy atom. The molecule has 2 N–H and O–H groups in total. The third-order valence-electron chi connectivity index (χ3n) is 3.33. The zero-order valence-corrected chi connectivity index (χ0v) is 15.5. The average Bonchev–Trinajstić information content (AvgIpc) is 3.01. The zero-order chi connectivity index (χ0) is 19.3. The number of carbonyl (C=O) groups is 2. The normalized spacial score (nSPS) is 11.7. The van der Waals surface area contributed by atoms with Crippen LogP contribution in [0.5, 0.6) is 5.75 Å². The zero-order valence-electron chi connectivity index (χ0n) is 14.6. The van der Waals surface area contributed by atoms with Gasteiger partial charge in [0, 0.05) is 5.56 Å². The molecule has 0 bridgehead atoms. The maximum absolute atomic E-state index is 12.1. The number of hydrogen-bond acceptors (Lipinski definition) is 7. The van der Waals surface area contributed by atoms with Gasteiger partial charge in [-0.1, -0.05) is 13.8 Å². The first-order chi connectivity index (χ1) is 12.3. The van der Waals surface area contributed by atoms with Crippen molar-refractivity contribution >= 4 is 23.5 Å². The first-order valence-corrected chi connectivity index (χ1v) is 8.76. The minimum Gasteiger partial charge on any atom is -0.492 e. The Morgan fingerprint density at radius 3 is 2.85 bits per heavy atom. The molecule has 1 amide bonds. The molecule has 2 rings (SSSR count). The van der Waals surface area contributed by atoms with E-state index in [0.29, 0.717) is 45.0 Å². The van der Waals surface area contributed by atoms with E-state index in [2.05, 4.69) is 16.4 Å². The summed E-state index contributed by atoms with van der Waals surface area (Å²) in [5.41, 5.74) is 1.54. The van der Waals surface area contributed by atoms with Crippen LogP contribution in [0.25, 0.3) is 10.6 Å². The SMILES string of the molecule is Cc1nc(-c2ccc(OCC(C)C)c(C#N)c2)sc1C(=O)NC(O)C=O. The summed E-state index contributed by atoms with van der Waals surface area (Å²) >= 11 is 1.12. The van der Waals surface area contributed by atoms with Crippen LogP contribution in [0.15, 0.2) is 18.2 Å². The number of rotatable bonds is 7. The van der Waals surface area contributed by atoms with E-state index in [1.54, 1.807) is 25.1 Å². The number of aromatic nitrogens is 1. The Bertz CT molecular complexity index is 855. The molecule has 0 aliphatic carbocycles. The van der Waals surface area contributed by atoms with Crippen molar-refractivity contribution in [2.45, 2.75) is 27.0 Å². The molecule has 0 aliphatic rings. The number of thiazole rings is 1. The Kier molecular flexibility index (Phi) is 6.44. The van der Waals surface area contributed by atoms with Gasteiger partial charge in [-0.05, 0) is 31.0 Å². The summed E-state index contributed by atoms with van der Waals surface area (Å²) < 4.78 is 5.64. The molecule has 1 aromatic carbocycles. The second-order valence-electron chi connectivity index (χ2n) is 6.02. The number of aryl methyl sites for hydroxylation is 1. The van der Waals surface area contributed by atoms with Gasteiger partial charge < -0.3 is 15.2 Å². The number of nitrogens with zero attached hydrogens (tertiary/aromatic N) is 2. The van der Waals surface area contributed by atoms with Crippen molar-refractivity contribution in [3.05, 3.63) is 34.3 Å². The molecule has 7 nitrogen and oxygen atoms in total. The molecule has 0 spiro atoms. The average molecular weight is 373 g/mol. The molecule has 0 saturated carbocycles. The van der Waals surface area contributed by atoms with Crippen LogP contribution in [-0.4, -0.2) is 35.1 Å². The highest BCUT2D eigenvalue weighted by Gasteiger charge is 2.19. The summed E-state index contributed by atoms with van der Waals surface area (Å²) in [6.07, 6.45) is -1.33. The van der Waals surface area contributed by atoms with E-state index in [1.807, 2.05) is 13.8 Å². The number of nitriles is 1. The third-order valence-corrected chi connectivity index (χ3v) is 4.54. The van der Waals surface area contributed by atoms with Crippen molar-refractivity contribution in [1.29, 1.82) is 5.26 Å². The lowest BCUT2D eigenvalue weighted by Gasteiger charge is -2.10. The van der Waals surface area contributed by atoms with Gasteiger partial charge in [-0.15, -0.1) is 11.3 Å². The molecule has 1 unspecified atom stereocenters. The van der Waals surface area contributed by atoms with Gasteiger partial charge in [-0.3, -0.25) is 9.59 Å². The van der Waals surface area contributed by atoms with Crippen molar-refractivity contribution in [2.75, 3.05) is 6.61 Å². The van der Waals surface area contributed by atoms with Crippen LogP contribution in [0.1, 0.15) is 34.8 Å². The molecular weight excluding hydrogens is 354 g/mol. The highest BCUT2D eigenvalue weighted by molar-refractivity contribution is 7.17. The van der Waals surface area contributed by atoms with E-state index in [9.17, 15) is 20.0 Å². The standard InChI is InChI=1S/C18H19N3O4S/c1-10(2)9-25-14-5-4-12(6-13(14)7-19)18-20-11(3)16(26-18)17(24)21-15(23)8-22/h4-6,8,10,15,23H,9H2,1-3H3,(H,21,24). The Balaban J connectivity index is 2.29. The Hall–Kier alpha value is -2.76. The van der Waals surface area contributed by atoms with Gasteiger partial charge in [0.2, 0.25) is 0 Å². The molecular formula is C18H19N3O4S. The number of nitrogens with one attached hydrogen (secondary N) is 1. The summed E-state index contributed by atoms with van der Waals surface area (Å²) in [6.45, 7) is 6.21. The number of aliphatic hydroxyl groups excluding tert-OH is 1. The van der Waals surface area contributed by atoms with Gasteiger partial charge >= 0.3 is 0 Å². The molecule has 0 radical (unpaired) electrons. The van der Waals surface area contributed by atoms with E-state index in [1.165, 1.54) is 0 Å². The fourth-order valence-electron chi connectivity index (χ4n) is 2.10. The van der Waals surface area contributed by atoms with Gasteiger partial charge in [-0.25, -0.2) is 4.98 Å². The number of aldehydes is 1. The molecule has 0 saturated heterocycles. The van der Waals surface area contributed by atoms with Crippen molar-refractivity contribution in [2.24, 2.45) is 5.92 Å². The fraction of sp³-hybridized carbons (Fsp3) is 0.333. The van der Waals surface area contributed by atoms with Gasteiger partial charge in [0.1, 0.15) is 21.7 Å². The highest BCUT2D eigenvalue weighted by atomic mass is 32.1. The largest absolute Gasteiger partial charge is 0.492 e. The highest BCUT2D eigenvalue weighted by Crippen LogP contribution is 2.31. The number of amides is 1. The van der Waals surface area contributed by atoms with Gasteiger partial charge in [0.05, 0.1) is 17.9 Å². The van der Waals surface area contributed by atoms with Crippen molar-refractivity contribution in [3.8, 4) is 22.4 Å². The number of aliphatic hydroxyl groups is 1. The molecule has 1 aromatic heterocycles. The summed E-state index contributed by atoms with van der Waals surface area (Å²) in [6, 6.07) is 7.26. The molecule has 8 heteroatoms. The number of hydrogen-bond donors (Lipinski definition) is 2. The van der Waals surface area contributed by atoms with E-state index in [4.69, 9.17) is 4.74 Å². The molecule has 1 atom stereocenters. The quantitative estimate of drug-likeness (QED) is 0.569. The number of benzene rings is 1. The van der Waals surface area contributed by atoms with Crippen molar-refractivity contribution in [3.63, 3.8) is 0 Å². The predicted molar refractivity (Wildman–Crippen MR) is 96.9 cm³/mol. The van der Waals surface area contributed by atoms with Crippen LogP contribution in [0.2, 0.25) is 0 Å². The lowest BCUT2D eigenvalue weighted by Crippen LogP contribution is -2.35. The molecule has 2 aromatic rings. The molecule has 1 heterocycles. The minimum atomic E-state index is -1.56. The van der Waals surface area contributed by atoms with Gasteiger partial charge in [0.25, 0.3) is 5.91 Å². The molecule has 0 aliphatic heterocycles. The first-order valence-electron chi connectivity index (χ1n) is 7.94. The van der Waals surface area contributed by atoms with Gasteiger partial charge in [0.15, 0.2) is 12.5 Å². The van der Waals surface area contributed by atoms with E-state index < -0.39 is 12.1 Å². The van der Waals surface area contributed by atoms with Crippen molar-refractivity contribution < 1.29 is 19.4 Å². The Morgan fingerprint density at radius 2 is 2.23 bits per heavy atom. The van der Waals surface area contributed by atoms with E-state index in [-0.39, 0.29) is 6.29 Å². The Labute approximate surface area is 155 Å². The summed E-state index contributed by atoms with van der Waals surface area (Å²) in [5.74, 6) is 0.263. The summed E-state index contributed by atoms with van der Waals surface area (Å²) in [5, 5.41) is 21.3. The molecule has 0 fully saturated rings. The molecule has 136 valence electrons. The van der Waals surface area contributed by atoms with E-state index >= 15 is 0 Å². The van der Waals surface area contributed by atoms with Crippen LogP contribution in [0, 0.1) is 24.2 Å². The minimum absolute atomic E-state index is 0.226. The second kappa shape index (κ2) is 8.56. The topological polar surface area (TPSA) is 112 Å². The fourth-order valence-corrected chi connectivity index (χ4v) is 3.06. The number of ether oxygens (including phenoxy) is 1. The second-order valence-corrected chi connectivity index (χ2v) is 7.01. The monoisotopic (exact) mass is 373 g/mol. The van der Waals surface area contributed by atoms with E-state index in [0.717, 1.165) is 11.3 Å². The van der Waals surface area contributed by atoms with Gasteiger partial charge in [-0.2, -0.15) is 5.26 Å². The summed E-state index contributed by atoms with van der Waals surface area (Å²) in [4.78, 5) is 27.2. The number of carbonyl (C=O) groups excluding carboxylic acids is 2. The first kappa shape index (κ1) is 19.6. The lowest BCUT2D eigenvalue weighted by atomic mass is 10.1. The van der Waals surface area contributed by atoms with Crippen LogP contribution in [0.4, 0.5) is 0 Å². The van der Waals surface area contributed by atoms with Crippen LogP contribution in [0.3, 0.4) is 0 Å². The third kappa shape index (κ3) is 4.65. The predicted octanol–water partition coefficient (Wildman–Crippen LogP) is 2.27. The smallest absolute Gasteiger partial charge is 0.265 e. The van der Waals surface area contributed by atoms with Crippen LogP contribution < -0.4 is 10.1 Å². The maximum atomic E-state index is 12.1. The lowest BCUT2D eigenvalue weighted by molar-refractivity contribution is -0.115. The molecule has 26 heavy (non-hydrogen) atoms. The van der Waals surface area contributed by atoms with Crippen LogP contribution in [-0.2, 0) is 4.79 Å². The van der Waals surface area contributed by atoms with Crippen LogP contribution >= 0.6 is 11.3 Å². The summed E-state index contributed by atoms with van der Waals surface area (Å²) in [7, 11) is 0. The van der Waals surface area contributed by atoms with Crippen molar-refractivity contribution in [1.82, 2.24) is 10.3 Å².